The summed E-state index contributed by atoms with van der Waals surface area (Å²) >= 11 is 0. The molecule has 0 aliphatic carbocycles. The Balaban J connectivity index is 2.92. The van der Waals surface area contributed by atoms with Crippen molar-refractivity contribution in [3.05, 3.63) is 24.0 Å². The summed E-state index contributed by atoms with van der Waals surface area (Å²) < 4.78 is 28.0. The number of halogens is 1. The predicted octanol–water partition coefficient (Wildman–Crippen LogP) is 2.16. The maximum absolute atomic E-state index is 13.2. The molecule has 0 saturated heterocycles. The van der Waals surface area contributed by atoms with E-state index in [0.717, 1.165) is 0 Å². The van der Waals surface area contributed by atoms with Crippen molar-refractivity contribution in [1.29, 1.82) is 0 Å². The van der Waals surface area contributed by atoms with Gasteiger partial charge in [-0.2, -0.15) is 0 Å². The van der Waals surface area contributed by atoms with Crippen molar-refractivity contribution >= 4 is 5.97 Å². The fourth-order valence-electron chi connectivity index (χ4n) is 1.29. The summed E-state index contributed by atoms with van der Waals surface area (Å²) in [5.41, 5.74) is -1.14. The van der Waals surface area contributed by atoms with Gasteiger partial charge in [0.1, 0.15) is 5.75 Å². The molecule has 17 heavy (non-hydrogen) atoms. The molecule has 94 valence electrons. The van der Waals surface area contributed by atoms with E-state index in [9.17, 15) is 9.18 Å². The molecule has 0 fully saturated rings. The highest BCUT2D eigenvalue weighted by molar-refractivity contribution is 5.78. The van der Waals surface area contributed by atoms with E-state index in [1.807, 2.05) is 0 Å². The Bertz CT molecular complexity index is 415. The van der Waals surface area contributed by atoms with Crippen LogP contribution in [0.2, 0.25) is 0 Å². The lowest BCUT2D eigenvalue weighted by atomic mass is 10.1. The van der Waals surface area contributed by atoms with Crippen molar-refractivity contribution in [1.82, 2.24) is 0 Å². The van der Waals surface area contributed by atoms with Crippen LogP contribution >= 0.6 is 0 Å². The van der Waals surface area contributed by atoms with Crippen LogP contribution in [0.5, 0.6) is 11.5 Å². The average molecular weight is 242 g/mol. The fourth-order valence-corrected chi connectivity index (χ4v) is 1.29. The average Bonchev–Trinajstić information content (AvgIpc) is 2.30. The molecule has 5 heteroatoms. The van der Waals surface area contributed by atoms with Crippen molar-refractivity contribution in [2.45, 2.75) is 19.4 Å². The molecule has 0 atom stereocenters. The molecule has 0 heterocycles. The van der Waals surface area contributed by atoms with Crippen molar-refractivity contribution in [2.75, 3.05) is 14.2 Å². The van der Waals surface area contributed by atoms with Crippen LogP contribution in [0.15, 0.2) is 18.2 Å². The molecule has 0 unspecified atom stereocenters. The smallest absolute Gasteiger partial charge is 0.349 e. The Morgan fingerprint density at radius 3 is 2.47 bits per heavy atom. The largest absolute Gasteiger partial charge is 0.494 e. The zero-order valence-corrected chi connectivity index (χ0v) is 10.2. The van der Waals surface area contributed by atoms with Gasteiger partial charge in [0.05, 0.1) is 14.2 Å². The molecule has 0 saturated carbocycles. The summed E-state index contributed by atoms with van der Waals surface area (Å²) in [5.74, 6) is -0.613. The first kappa shape index (κ1) is 13.3. The number of methoxy groups -OCH3 is 2. The molecule has 0 aliphatic heterocycles. The van der Waals surface area contributed by atoms with E-state index in [1.54, 1.807) is 13.8 Å². The fraction of sp³-hybridized carbons (Fsp3) is 0.417. The lowest BCUT2D eigenvalue weighted by Gasteiger charge is -2.23. The summed E-state index contributed by atoms with van der Waals surface area (Å²) in [6.07, 6.45) is 0. The second-order valence-electron chi connectivity index (χ2n) is 3.90. The number of rotatable bonds is 4. The third-order valence-electron chi connectivity index (χ3n) is 2.17. The minimum atomic E-state index is -1.14. The summed E-state index contributed by atoms with van der Waals surface area (Å²) in [7, 11) is 2.63. The standard InChI is InChI=1S/C12H15FO4/c1-12(2,11(14)16-4)17-8-5-6-9(13)10(7-8)15-3/h5-7H,1-4H3. The van der Waals surface area contributed by atoms with Crippen LogP contribution in [0.25, 0.3) is 0 Å². The van der Waals surface area contributed by atoms with Gasteiger partial charge in [-0.15, -0.1) is 0 Å². The number of carbonyl (C=O) groups excluding carboxylic acids is 1. The van der Waals surface area contributed by atoms with E-state index in [4.69, 9.17) is 9.47 Å². The van der Waals surface area contributed by atoms with Gasteiger partial charge in [-0.05, 0) is 26.0 Å². The van der Waals surface area contributed by atoms with Crippen LogP contribution in [0.1, 0.15) is 13.8 Å². The Morgan fingerprint density at radius 2 is 1.94 bits per heavy atom. The van der Waals surface area contributed by atoms with Crippen molar-refractivity contribution < 1.29 is 23.4 Å². The molecular formula is C12H15FO4. The zero-order chi connectivity index (χ0) is 13.1. The highest BCUT2D eigenvalue weighted by atomic mass is 19.1. The normalized spacial score (nSPS) is 10.9. The van der Waals surface area contributed by atoms with Gasteiger partial charge in [-0.3, -0.25) is 0 Å². The number of esters is 1. The minimum Gasteiger partial charge on any atom is -0.494 e. The van der Waals surface area contributed by atoms with Crippen LogP contribution in [-0.2, 0) is 9.53 Å². The molecule has 4 nitrogen and oxygen atoms in total. The van der Waals surface area contributed by atoms with Crippen LogP contribution in [0.3, 0.4) is 0 Å². The Kier molecular flexibility index (Phi) is 3.93. The molecule has 0 N–H and O–H groups in total. The molecule has 0 aliphatic rings. The van der Waals surface area contributed by atoms with E-state index in [1.165, 1.54) is 32.4 Å². The molecule has 0 aromatic heterocycles. The second-order valence-corrected chi connectivity index (χ2v) is 3.90. The molecule has 0 radical (unpaired) electrons. The molecule has 0 bridgehead atoms. The van der Waals surface area contributed by atoms with E-state index in [-0.39, 0.29) is 5.75 Å². The summed E-state index contributed by atoms with van der Waals surface area (Å²) in [6.45, 7) is 3.13. The highest BCUT2D eigenvalue weighted by Crippen LogP contribution is 2.26. The van der Waals surface area contributed by atoms with E-state index < -0.39 is 17.4 Å². The van der Waals surface area contributed by atoms with Gasteiger partial charge in [0.25, 0.3) is 0 Å². The number of benzene rings is 1. The zero-order valence-electron chi connectivity index (χ0n) is 10.2. The lowest BCUT2D eigenvalue weighted by Crippen LogP contribution is -2.39. The van der Waals surface area contributed by atoms with Gasteiger partial charge in [0.15, 0.2) is 17.2 Å². The molecule has 1 aromatic rings. The van der Waals surface area contributed by atoms with Gasteiger partial charge >= 0.3 is 5.97 Å². The van der Waals surface area contributed by atoms with Crippen LogP contribution < -0.4 is 9.47 Å². The maximum Gasteiger partial charge on any atom is 0.349 e. The van der Waals surface area contributed by atoms with Crippen LogP contribution in [0, 0.1) is 5.82 Å². The summed E-state index contributed by atoms with van der Waals surface area (Å²) in [4.78, 5) is 11.4. The predicted molar refractivity (Wildman–Crippen MR) is 59.7 cm³/mol. The van der Waals surface area contributed by atoms with Crippen molar-refractivity contribution in [3.63, 3.8) is 0 Å². The van der Waals surface area contributed by atoms with E-state index in [0.29, 0.717) is 5.75 Å². The first-order valence-corrected chi connectivity index (χ1v) is 5.01. The summed E-state index contributed by atoms with van der Waals surface area (Å²) in [5, 5.41) is 0. The lowest BCUT2D eigenvalue weighted by molar-refractivity contribution is -0.156. The summed E-state index contributed by atoms with van der Waals surface area (Å²) in [6, 6.07) is 4.00. The Hall–Kier alpha value is -1.78. The van der Waals surface area contributed by atoms with E-state index in [2.05, 4.69) is 4.74 Å². The number of hydrogen-bond donors (Lipinski definition) is 0. The highest BCUT2D eigenvalue weighted by Gasteiger charge is 2.31. The number of ether oxygens (including phenoxy) is 3. The van der Waals surface area contributed by atoms with Crippen molar-refractivity contribution in [3.8, 4) is 11.5 Å². The van der Waals surface area contributed by atoms with Gasteiger partial charge in [-0.25, -0.2) is 9.18 Å². The molecule has 1 aromatic carbocycles. The van der Waals surface area contributed by atoms with Gasteiger partial charge in [-0.1, -0.05) is 0 Å². The van der Waals surface area contributed by atoms with Gasteiger partial charge < -0.3 is 14.2 Å². The molecule has 0 amide bonds. The topological polar surface area (TPSA) is 44.8 Å². The van der Waals surface area contributed by atoms with E-state index >= 15 is 0 Å². The first-order valence-electron chi connectivity index (χ1n) is 5.01. The minimum absolute atomic E-state index is 0.0585. The molecule has 1 rings (SSSR count). The Labute approximate surface area is 99.3 Å². The maximum atomic E-state index is 13.2. The van der Waals surface area contributed by atoms with Crippen molar-refractivity contribution in [2.24, 2.45) is 0 Å². The third kappa shape index (κ3) is 3.09. The monoisotopic (exact) mass is 242 g/mol. The SMILES string of the molecule is COC(=O)C(C)(C)Oc1ccc(F)c(OC)c1. The Morgan fingerprint density at radius 1 is 1.29 bits per heavy atom. The molecule has 0 spiro atoms. The molecular weight excluding hydrogens is 227 g/mol. The van der Waals surface area contributed by atoms with Gasteiger partial charge in [0, 0.05) is 6.07 Å². The number of hydrogen-bond acceptors (Lipinski definition) is 4. The van der Waals surface area contributed by atoms with Crippen LogP contribution in [-0.4, -0.2) is 25.8 Å². The second kappa shape index (κ2) is 5.03. The first-order chi connectivity index (χ1) is 7.90. The quantitative estimate of drug-likeness (QED) is 0.759. The third-order valence-corrected chi connectivity index (χ3v) is 2.17. The van der Waals surface area contributed by atoms with Crippen LogP contribution in [0.4, 0.5) is 4.39 Å². The van der Waals surface area contributed by atoms with Gasteiger partial charge in [0.2, 0.25) is 0 Å². The number of carbonyl (C=O) groups is 1.